The van der Waals surface area contributed by atoms with Crippen LogP contribution in [0.15, 0.2) is 18.2 Å². The topological polar surface area (TPSA) is 29.3 Å². The Hall–Kier alpha value is -0.640. The van der Waals surface area contributed by atoms with Crippen molar-refractivity contribution in [2.45, 2.75) is 39.7 Å². The molecule has 0 saturated heterocycles. The minimum absolute atomic E-state index is 0.158. The molecule has 0 amide bonds. The molecule has 0 fully saturated rings. The van der Waals surface area contributed by atoms with Crippen LogP contribution in [0.25, 0.3) is 0 Å². The van der Waals surface area contributed by atoms with Crippen LogP contribution in [-0.4, -0.2) is 24.5 Å². The van der Waals surface area contributed by atoms with E-state index < -0.39 is 0 Å². The van der Waals surface area contributed by atoms with E-state index in [1.807, 2.05) is 0 Å². The van der Waals surface area contributed by atoms with Crippen LogP contribution in [0.2, 0.25) is 5.02 Å². The van der Waals surface area contributed by atoms with Gasteiger partial charge in [-0.05, 0) is 24.6 Å². The molecule has 4 heteroatoms. The lowest BCUT2D eigenvalue weighted by Gasteiger charge is -2.33. The average Bonchev–Trinajstić information content (AvgIpc) is 2.45. The van der Waals surface area contributed by atoms with Crippen molar-refractivity contribution in [2.75, 3.05) is 19.6 Å². The molecule has 0 aromatic heterocycles. The van der Waals surface area contributed by atoms with E-state index in [2.05, 4.69) is 25.7 Å². The third-order valence-electron chi connectivity index (χ3n) is 4.05. The highest BCUT2D eigenvalue weighted by atomic mass is 35.5. The van der Waals surface area contributed by atoms with Crippen LogP contribution in [0.3, 0.4) is 0 Å². The molecule has 0 aliphatic carbocycles. The number of hydrogen-bond donors (Lipinski definition) is 1. The van der Waals surface area contributed by atoms with Gasteiger partial charge in [-0.1, -0.05) is 51.3 Å². The fraction of sp³-hybridized carbons (Fsp3) is 0.625. The largest absolute Gasteiger partial charge is 0.329 e. The molecule has 0 saturated carbocycles. The third-order valence-corrected chi connectivity index (χ3v) is 4.38. The van der Waals surface area contributed by atoms with Crippen molar-refractivity contribution < 1.29 is 4.39 Å². The summed E-state index contributed by atoms with van der Waals surface area (Å²) in [6.07, 6.45) is 2.24. The molecule has 2 N–H and O–H groups in total. The van der Waals surface area contributed by atoms with Gasteiger partial charge < -0.3 is 5.73 Å². The number of benzene rings is 1. The van der Waals surface area contributed by atoms with Crippen molar-refractivity contribution in [1.82, 2.24) is 4.90 Å². The van der Waals surface area contributed by atoms with Gasteiger partial charge >= 0.3 is 0 Å². The Morgan fingerprint density at radius 3 is 2.35 bits per heavy atom. The number of likely N-dealkylation sites (N-methyl/N-ethyl adjacent to an activating group) is 1. The van der Waals surface area contributed by atoms with E-state index in [0.29, 0.717) is 23.0 Å². The molecular weight excluding hydrogens is 275 g/mol. The number of halogens is 2. The Morgan fingerprint density at radius 1 is 1.25 bits per heavy atom. The molecule has 0 bridgehead atoms. The Morgan fingerprint density at radius 2 is 1.90 bits per heavy atom. The molecule has 0 radical (unpaired) electrons. The monoisotopic (exact) mass is 300 g/mol. The van der Waals surface area contributed by atoms with Crippen LogP contribution in [0.4, 0.5) is 4.39 Å². The Bertz CT molecular complexity index is 387. The molecule has 1 rings (SSSR count). The molecule has 0 heterocycles. The van der Waals surface area contributed by atoms with Gasteiger partial charge in [0.1, 0.15) is 5.82 Å². The second-order valence-electron chi connectivity index (χ2n) is 5.16. The van der Waals surface area contributed by atoms with Crippen molar-refractivity contribution in [3.63, 3.8) is 0 Å². The van der Waals surface area contributed by atoms with E-state index >= 15 is 0 Å². The molecule has 2 nitrogen and oxygen atoms in total. The number of nitrogens with two attached hydrogens (primary N) is 1. The third kappa shape index (κ3) is 4.18. The molecule has 0 aliphatic rings. The van der Waals surface area contributed by atoms with Crippen LogP contribution in [0.5, 0.6) is 0 Å². The van der Waals surface area contributed by atoms with Gasteiger partial charge in [0.25, 0.3) is 0 Å². The minimum Gasteiger partial charge on any atom is -0.329 e. The lowest BCUT2D eigenvalue weighted by atomic mass is 9.99. The van der Waals surface area contributed by atoms with Gasteiger partial charge in [-0.2, -0.15) is 0 Å². The second-order valence-corrected chi connectivity index (χ2v) is 5.56. The van der Waals surface area contributed by atoms with Crippen LogP contribution in [0.1, 0.15) is 45.2 Å². The first-order chi connectivity index (χ1) is 9.58. The summed E-state index contributed by atoms with van der Waals surface area (Å²) in [5.74, 6) is 0.338. The van der Waals surface area contributed by atoms with E-state index in [1.165, 1.54) is 6.07 Å². The Kier molecular flexibility index (Phi) is 7.49. The van der Waals surface area contributed by atoms with Gasteiger partial charge in [0.05, 0.1) is 6.04 Å². The maximum Gasteiger partial charge on any atom is 0.129 e. The van der Waals surface area contributed by atoms with Crippen LogP contribution < -0.4 is 5.73 Å². The lowest BCUT2D eigenvalue weighted by Crippen LogP contribution is -2.37. The van der Waals surface area contributed by atoms with Gasteiger partial charge in [0, 0.05) is 23.7 Å². The first-order valence-corrected chi connectivity index (χ1v) is 7.84. The highest BCUT2D eigenvalue weighted by molar-refractivity contribution is 6.31. The summed E-state index contributed by atoms with van der Waals surface area (Å²) in [4.78, 5) is 2.24. The predicted octanol–water partition coefficient (Wildman–Crippen LogP) is 4.24. The van der Waals surface area contributed by atoms with E-state index in [1.54, 1.807) is 12.1 Å². The quantitative estimate of drug-likeness (QED) is 0.778. The minimum atomic E-state index is -0.268. The van der Waals surface area contributed by atoms with E-state index in [4.69, 9.17) is 17.3 Å². The maximum atomic E-state index is 14.1. The Balaban J connectivity index is 3.03. The van der Waals surface area contributed by atoms with Crippen LogP contribution in [-0.2, 0) is 0 Å². The maximum absolute atomic E-state index is 14.1. The summed E-state index contributed by atoms with van der Waals surface area (Å²) < 4.78 is 14.1. The smallest absolute Gasteiger partial charge is 0.129 e. The van der Waals surface area contributed by atoms with Crippen molar-refractivity contribution in [3.8, 4) is 0 Å². The fourth-order valence-corrected chi connectivity index (χ4v) is 2.92. The fourth-order valence-electron chi connectivity index (χ4n) is 2.63. The number of rotatable bonds is 8. The van der Waals surface area contributed by atoms with Gasteiger partial charge in [-0.25, -0.2) is 4.39 Å². The zero-order valence-electron chi connectivity index (χ0n) is 12.7. The molecular formula is C16H26ClFN2. The molecule has 1 unspecified atom stereocenters. The summed E-state index contributed by atoms with van der Waals surface area (Å²) in [7, 11) is 0. The molecule has 1 aromatic carbocycles. The van der Waals surface area contributed by atoms with Gasteiger partial charge in [0.15, 0.2) is 0 Å². The lowest BCUT2D eigenvalue weighted by molar-refractivity contribution is 0.171. The first-order valence-electron chi connectivity index (χ1n) is 7.46. The first kappa shape index (κ1) is 17.4. The molecule has 0 aliphatic heterocycles. The van der Waals surface area contributed by atoms with Crippen molar-refractivity contribution in [3.05, 3.63) is 34.6 Å². The normalized spacial score (nSPS) is 13.2. The van der Waals surface area contributed by atoms with Crippen molar-refractivity contribution in [1.29, 1.82) is 0 Å². The standard InChI is InChI=1S/C16H26ClFN2/c1-4-12(5-2)11-20(6-3)15(10-19)16-13(17)8-7-9-14(16)18/h7-9,12,15H,4-6,10-11,19H2,1-3H3. The highest BCUT2D eigenvalue weighted by Gasteiger charge is 2.24. The van der Waals surface area contributed by atoms with E-state index in [9.17, 15) is 4.39 Å². The average molecular weight is 301 g/mol. The molecule has 1 atom stereocenters. The van der Waals surface area contributed by atoms with E-state index in [0.717, 1.165) is 25.9 Å². The predicted molar refractivity (Wildman–Crippen MR) is 84.5 cm³/mol. The zero-order valence-corrected chi connectivity index (χ0v) is 13.5. The summed E-state index contributed by atoms with van der Waals surface area (Å²) in [5, 5.41) is 0.462. The highest BCUT2D eigenvalue weighted by Crippen LogP contribution is 2.30. The molecule has 114 valence electrons. The molecule has 0 spiro atoms. The van der Waals surface area contributed by atoms with Crippen LogP contribution >= 0.6 is 11.6 Å². The van der Waals surface area contributed by atoms with Crippen molar-refractivity contribution in [2.24, 2.45) is 11.7 Å². The van der Waals surface area contributed by atoms with E-state index in [-0.39, 0.29) is 11.9 Å². The van der Waals surface area contributed by atoms with Gasteiger partial charge in [0.2, 0.25) is 0 Å². The summed E-state index contributed by atoms with van der Waals surface area (Å²) in [6.45, 7) is 8.60. The number of hydrogen-bond acceptors (Lipinski definition) is 2. The molecule has 1 aromatic rings. The SMILES string of the molecule is CCC(CC)CN(CC)C(CN)c1c(F)cccc1Cl. The second kappa shape index (κ2) is 8.60. The summed E-state index contributed by atoms with van der Waals surface area (Å²) in [6, 6.07) is 4.66. The molecule has 20 heavy (non-hydrogen) atoms. The van der Waals surface area contributed by atoms with Crippen molar-refractivity contribution >= 4 is 11.6 Å². The number of nitrogens with zero attached hydrogens (tertiary/aromatic N) is 1. The zero-order chi connectivity index (χ0) is 15.1. The Labute approximate surface area is 127 Å². The summed E-state index contributed by atoms with van der Waals surface area (Å²) >= 11 is 6.19. The van der Waals surface area contributed by atoms with Crippen LogP contribution in [0, 0.1) is 11.7 Å². The van der Waals surface area contributed by atoms with Gasteiger partial charge in [-0.15, -0.1) is 0 Å². The van der Waals surface area contributed by atoms with Gasteiger partial charge in [-0.3, -0.25) is 4.90 Å². The summed E-state index contributed by atoms with van der Waals surface area (Å²) in [5.41, 5.74) is 6.44.